The molecule has 0 aliphatic carbocycles. The summed E-state index contributed by atoms with van der Waals surface area (Å²) in [5, 5.41) is 13.3. The van der Waals surface area contributed by atoms with Gasteiger partial charge in [-0.25, -0.2) is 9.69 Å². The molecule has 0 radical (unpaired) electrons. The first-order valence-corrected chi connectivity index (χ1v) is 11.4. The van der Waals surface area contributed by atoms with E-state index in [9.17, 15) is 24.5 Å². The van der Waals surface area contributed by atoms with E-state index >= 15 is 0 Å². The van der Waals surface area contributed by atoms with Crippen molar-refractivity contribution in [2.45, 2.75) is 27.7 Å². The summed E-state index contributed by atoms with van der Waals surface area (Å²) in [6.07, 6.45) is 1.46. The van der Waals surface area contributed by atoms with Crippen LogP contribution < -0.4 is 10.2 Å². The Balaban J connectivity index is 1.77. The molecule has 0 bridgehead atoms. The van der Waals surface area contributed by atoms with Gasteiger partial charge in [-0.2, -0.15) is 0 Å². The summed E-state index contributed by atoms with van der Waals surface area (Å²) in [5.74, 6) is -1.50. The first kappa shape index (κ1) is 24.1. The molecule has 178 valence electrons. The Bertz CT molecular complexity index is 1470. The van der Waals surface area contributed by atoms with Crippen molar-refractivity contribution >= 4 is 51.2 Å². The van der Waals surface area contributed by atoms with Crippen LogP contribution >= 0.6 is 15.9 Å². The average Bonchev–Trinajstić information content (AvgIpc) is 3.06. The van der Waals surface area contributed by atoms with E-state index in [0.717, 1.165) is 32.0 Å². The van der Waals surface area contributed by atoms with Crippen LogP contribution in [0.2, 0.25) is 0 Å². The molecule has 1 saturated heterocycles. The second kappa shape index (κ2) is 8.95. The standard InChI is InChI=1S/C25H21BrN4O5/c1-13-9-18(5-7-21(13)26)29-24(32)20(23(31)27-25(29)33)12-17-11-15(3)28(16(17)4)22-8-6-19(30(34)35)10-14(22)2/h5-12H,1-4H3,(H,27,31,33)/b20-12+. The topological polar surface area (TPSA) is 115 Å². The lowest BCUT2D eigenvalue weighted by atomic mass is 10.1. The highest BCUT2D eigenvalue weighted by atomic mass is 79.9. The molecule has 35 heavy (non-hydrogen) atoms. The molecule has 0 unspecified atom stereocenters. The average molecular weight is 537 g/mol. The van der Waals surface area contributed by atoms with E-state index < -0.39 is 22.8 Å². The quantitative estimate of drug-likeness (QED) is 0.217. The van der Waals surface area contributed by atoms with Gasteiger partial charge in [0, 0.05) is 33.7 Å². The van der Waals surface area contributed by atoms with E-state index in [1.807, 2.05) is 31.4 Å². The minimum absolute atomic E-state index is 0.00605. The van der Waals surface area contributed by atoms with Crippen LogP contribution in [0.4, 0.5) is 16.2 Å². The van der Waals surface area contributed by atoms with Crippen LogP contribution in [0.5, 0.6) is 0 Å². The number of nitrogens with zero attached hydrogens (tertiary/aromatic N) is 3. The van der Waals surface area contributed by atoms with Gasteiger partial charge < -0.3 is 4.57 Å². The highest BCUT2D eigenvalue weighted by Crippen LogP contribution is 2.29. The molecule has 1 N–H and O–H groups in total. The maximum Gasteiger partial charge on any atom is 0.335 e. The van der Waals surface area contributed by atoms with Crippen molar-refractivity contribution in [3.05, 3.63) is 90.7 Å². The van der Waals surface area contributed by atoms with Crippen molar-refractivity contribution in [1.82, 2.24) is 9.88 Å². The molecule has 1 aliphatic heterocycles. The van der Waals surface area contributed by atoms with E-state index in [-0.39, 0.29) is 11.3 Å². The minimum atomic E-state index is -0.814. The van der Waals surface area contributed by atoms with Crippen LogP contribution in [-0.4, -0.2) is 27.3 Å². The molecular formula is C25H21BrN4O5. The molecule has 1 aliphatic rings. The number of carbonyl (C=O) groups excluding carboxylic acids is 3. The van der Waals surface area contributed by atoms with Crippen LogP contribution in [-0.2, 0) is 9.59 Å². The summed E-state index contributed by atoms with van der Waals surface area (Å²) in [7, 11) is 0. The lowest BCUT2D eigenvalue weighted by Gasteiger charge is -2.26. The summed E-state index contributed by atoms with van der Waals surface area (Å²) in [4.78, 5) is 50.0. The number of nitro groups is 1. The molecule has 0 spiro atoms. The smallest absolute Gasteiger partial charge is 0.318 e. The zero-order chi connectivity index (χ0) is 25.6. The number of non-ortho nitro benzene ring substituents is 1. The second-order valence-electron chi connectivity index (χ2n) is 8.28. The molecule has 0 saturated carbocycles. The number of benzene rings is 2. The van der Waals surface area contributed by atoms with Crippen molar-refractivity contribution in [3.63, 3.8) is 0 Å². The third-order valence-electron chi connectivity index (χ3n) is 5.90. The number of urea groups is 1. The van der Waals surface area contributed by atoms with Crippen LogP contribution in [0.1, 0.15) is 28.1 Å². The van der Waals surface area contributed by atoms with Crippen LogP contribution in [0, 0.1) is 37.8 Å². The Labute approximate surface area is 209 Å². The largest absolute Gasteiger partial charge is 0.335 e. The van der Waals surface area contributed by atoms with Gasteiger partial charge in [-0.3, -0.25) is 25.0 Å². The number of halogens is 1. The summed E-state index contributed by atoms with van der Waals surface area (Å²) < 4.78 is 2.73. The first-order valence-electron chi connectivity index (χ1n) is 10.6. The summed E-state index contributed by atoms with van der Waals surface area (Å²) >= 11 is 3.40. The third kappa shape index (κ3) is 4.28. The van der Waals surface area contributed by atoms with Gasteiger partial charge in [-0.15, -0.1) is 0 Å². The highest BCUT2D eigenvalue weighted by molar-refractivity contribution is 9.10. The maximum absolute atomic E-state index is 13.3. The number of carbonyl (C=O) groups is 3. The van der Waals surface area contributed by atoms with Gasteiger partial charge in [0.05, 0.1) is 10.6 Å². The molecule has 2 heterocycles. The Hall–Kier alpha value is -4.05. The fraction of sp³-hybridized carbons (Fsp3) is 0.160. The van der Waals surface area contributed by atoms with E-state index in [4.69, 9.17) is 0 Å². The summed E-state index contributed by atoms with van der Waals surface area (Å²) in [6, 6.07) is 10.6. The van der Waals surface area contributed by atoms with Crippen molar-refractivity contribution < 1.29 is 19.3 Å². The van der Waals surface area contributed by atoms with E-state index in [0.29, 0.717) is 16.8 Å². The second-order valence-corrected chi connectivity index (χ2v) is 9.14. The number of barbiturate groups is 1. The zero-order valence-corrected chi connectivity index (χ0v) is 21.0. The number of rotatable bonds is 4. The molecule has 4 amide bonds. The van der Waals surface area contributed by atoms with Crippen LogP contribution in [0.3, 0.4) is 0 Å². The number of amides is 4. The number of hydrogen-bond acceptors (Lipinski definition) is 5. The lowest BCUT2D eigenvalue weighted by Crippen LogP contribution is -2.54. The van der Waals surface area contributed by atoms with Gasteiger partial charge in [-0.1, -0.05) is 15.9 Å². The van der Waals surface area contributed by atoms with Gasteiger partial charge >= 0.3 is 6.03 Å². The zero-order valence-electron chi connectivity index (χ0n) is 19.4. The molecule has 1 fully saturated rings. The SMILES string of the molecule is Cc1cc(N2C(=O)NC(=O)/C(=C\c3cc(C)n(-c4ccc([N+](=O)[O-])cc4C)c3C)C2=O)ccc1Br. The Morgan fingerprint density at radius 3 is 2.31 bits per heavy atom. The van der Waals surface area contributed by atoms with Crippen molar-refractivity contribution in [2.75, 3.05) is 4.90 Å². The molecule has 3 aromatic rings. The van der Waals surface area contributed by atoms with Crippen LogP contribution in [0.25, 0.3) is 11.8 Å². The van der Waals surface area contributed by atoms with Gasteiger partial charge in [0.25, 0.3) is 17.5 Å². The van der Waals surface area contributed by atoms with Crippen molar-refractivity contribution in [2.24, 2.45) is 0 Å². The monoisotopic (exact) mass is 536 g/mol. The van der Waals surface area contributed by atoms with Crippen LogP contribution in [0.15, 0.2) is 52.5 Å². The van der Waals surface area contributed by atoms with Gasteiger partial charge in [0.2, 0.25) is 0 Å². The Morgan fingerprint density at radius 1 is 0.971 bits per heavy atom. The summed E-state index contributed by atoms with van der Waals surface area (Å²) in [6.45, 7) is 7.30. The number of anilines is 1. The molecule has 4 rings (SSSR count). The van der Waals surface area contributed by atoms with Crippen molar-refractivity contribution in [3.8, 4) is 5.69 Å². The van der Waals surface area contributed by atoms with Gasteiger partial charge in [0.1, 0.15) is 5.57 Å². The minimum Gasteiger partial charge on any atom is -0.318 e. The van der Waals surface area contributed by atoms with Gasteiger partial charge in [0.15, 0.2) is 0 Å². The lowest BCUT2D eigenvalue weighted by molar-refractivity contribution is -0.384. The molecule has 2 aromatic carbocycles. The highest BCUT2D eigenvalue weighted by Gasteiger charge is 2.37. The predicted octanol–water partition coefficient (Wildman–Crippen LogP) is 5.05. The number of hydrogen-bond donors (Lipinski definition) is 1. The summed E-state index contributed by atoms with van der Waals surface area (Å²) in [5.41, 5.74) is 4.60. The number of aromatic nitrogens is 1. The number of nitro benzene ring substituents is 1. The predicted molar refractivity (Wildman–Crippen MR) is 135 cm³/mol. The molecule has 10 heteroatoms. The normalized spacial score (nSPS) is 15.1. The fourth-order valence-corrected chi connectivity index (χ4v) is 4.37. The van der Waals surface area contributed by atoms with Gasteiger partial charge in [-0.05, 0) is 80.8 Å². The van der Waals surface area contributed by atoms with E-state index in [1.165, 1.54) is 18.2 Å². The van der Waals surface area contributed by atoms with E-state index in [1.54, 1.807) is 31.2 Å². The fourth-order valence-electron chi connectivity index (χ4n) is 4.12. The Kier molecular flexibility index (Phi) is 6.16. The maximum atomic E-state index is 13.3. The number of nitrogens with one attached hydrogen (secondary N) is 1. The van der Waals surface area contributed by atoms with Crippen molar-refractivity contribution in [1.29, 1.82) is 0 Å². The number of aryl methyl sites for hydroxylation is 3. The third-order valence-corrected chi connectivity index (χ3v) is 6.79. The van der Waals surface area contributed by atoms with E-state index in [2.05, 4.69) is 21.2 Å². The molecular weight excluding hydrogens is 516 g/mol. The molecule has 1 aromatic heterocycles. The first-order chi connectivity index (χ1) is 16.5. The Morgan fingerprint density at radius 2 is 1.69 bits per heavy atom. The molecule has 0 atom stereocenters. The molecule has 9 nitrogen and oxygen atoms in total. The number of imide groups is 2.